The molecule has 0 heteroatoms. The van der Waals surface area contributed by atoms with E-state index in [4.69, 9.17) is 0 Å². The van der Waals surface area contributed by atoms with Crippen LogP contribution in [0.5, 0.6) is 0 Å². The van der Waals surface area contributed by atoms with Gasteiger partial charge in [0.05, 0.1) is 0 Å². The maximum Gasteiger partial charge on any atom is -0.0389 e. The third kappa shape index (κ3) is 14.1. The summed E-state index contributed by atoms with van der Waals surface area (Å²) in [6, 6.07) is 0. The average molecular weight is 261 g/mol. The summed E-state index contributed by atoms with van der Waals surface area (Å²) in [6.07, 6.45) is 9.89. The van der Waals surface area contributed by atoms with Gasteiger partial charge in [-0.1, -0.05) is 95.4 Å². The Labute approximate surface area is 120 Å². The lowest BCUT2D eigenvalue weighted by atomic mass is 9.82. The lowest BCUT2D eigenvalue weighted by molar-refractivity contribution is 0.274. The first kappa shape index (κ1) is 26.5. The Bertz CT molecular complexity index is 126. The van der Waals surface area contributed by atoms with Crippen molar-refractivity contribution in [1.82, 2.24) is 0 Å². The summed E-state index contributed by atoms with van der Waals surface area (Å²) in [7, 11) is 0. The summed E-state index contributed by atoms with van der Waals surface area (Å²) in [4.78, 5) is 0. The fourth-order valence-corrected chi connectivity index (χ4v) is 2.51. The summed E-state index contributed by atoms with van der Waals surface area (Å²) in [5, 5.41) is 0. The normalized spacial score (nSPS) is 13.0. The zero-order valence-corrected chi connectivity index (χ0v) is 11.7. The molecule has 0 saturated heterocycles. The summed E-state index contributed by atoms with van der Waals surface area (Å²) in [5.41, 5.74) is 0. The van der Waals surface area contributed by atoms with Crippen LogP contribution in [-0.2, 0) is 0 Å². The van der Waals surface area contributed by atoms with Crippen molar-refractivity contribution in [3.8, 4) is 0 Å². The van der Waals surface area contributed by atoms with Gasteiger partial charge in [-0.3, -0.25) is 0 Å². The van der Waals surface area contributed by atoms with Crippen molar-refractivity contribution in [2.75, 3.05) is 0 Å². The van der Waals surface area contributed by atoms with Gasteiger partial charge in [-0.05, 0) is 24.2 Å². The third-order valence-electron chi connectivity index (χ3n) is 3.61. The topological polar surface area (TPSA) is 0 Å². The van der Waals surface area contributed by atoms with E-state index in [9.17, 15) is 0 Å². The van der Waals surface area contributed by atoms with Crippen LogP contribution in [0.3, 0.4) is 0 Å². The van der Waals surface area contributed by atoms with Gasteiger partial charge in [-0.2, -0.15) is 0 Å². The highest BCUT2D eigenvalue weighted by Crippen LogP contribution is 2.27. The zero-order valence-electron chi connectivity index (χ0n) is 11.7. The van der Waals surface area contributed by atoms with E-state index in [0.717, 1.165) is 17.8 Å². The van der Waals surface area contributed by atoms with Crippen molar-refractivity contribution in [3.63, 3.8) is 0 Å². The van der Waals surface area contributed by atoms with Crippen LogP contribution in [0.2, 0.25) is 0 Å². The van der Waals surface area contributed by atoms with Crippen LogP contribution in [0.25, 0.3) is 0 Å². The largest absolute Gasteiger partial charge is 0.0776 e. The highest BCUT2D eigenvalue weighted by Gasteiger charge is 2.15. The molecule has 0 nitrogen and oxygen atoms in total. The van der Waals surface area contributed by atoms with E-state index in [-0.39, 0.29) is 22.3 Å². The summed E-state index contributed by atoms with van der Waals surface area (Å²) in [6.45, 7) is 11.8. The molecule has 0 aromatic carbocycles. The molecule has 2 unspecified atom stereocenters. The second kappa shape index (κ2) is 17.0. The average Bonchev–Trinajstić information content (AvgIpc) is 2.16. The van der Waals surface area contributed by atoms with Crippen molar-refractivity contribution in [2.45, 2.75) is 102 Å². The summed E-state index contributed by atoms with van der Waals surface area (Å²) < 4.78 is 0. The van der Waals surface area contributed by atoms with Crippen LogP contribution < -0.4 is 0 Å². The minimum atomic E-state index is 0. The van der Waals surface area contributed by atoms with Gasteiger partial charge in [0, 0.05) is 0 Å². The Kier molecular flexibility index (Phi) is 25.1. The smallest absolute Gasteiger partial charge is 0.0389 e. The fraction of sp³-hybridized carbons (Fsp3) is 1.00. The van der Waals surface area contributed by atoms with Crippen LogP contribution >= 0.6 is 0 Å². The van der Waals surface area contributed by atoms with Gasteiger partial charge in [0.2, 0.25) is 0 Å². The van der Waals surface area contributed by atoms with E-state index in [2.05, 4.69) is 34.6 Å². The van der Waals surface area contributed by atoms with Crippen molar-refractivity contribution in [2.24, 2.45) is 17.8 Å². The molecule has 116 valence electrons. The molecule has 0 aromatic heterocycles. The van der Waals surface area contributed by atoms with Crippen molar-refractivity contribution >= 4 is 0 Å². The number of hydrogen-bond donors (Lipinski definition) is 0. The van der Waals surface area contributed by atoms with Gasteiger partial charge in [-0.25, -0.2) is 0 Å². The molecule has 0 aliphatic heterocycles. The Morgan fingerprint density at radius 2 is 1.28 bits per heavy atom. The molecule has 2 atom stereocenters. The second-order valence-electron chi connectivity index (χ2n) is 5.63. The van der Waals surface area contributed by atoms with E-state index in [0.29, 0.717) is 0 Å². The second-order valence-corrected chi connectivity index (χ2v) is 5.63. The number of unbranched alkanes of at least 4 members (excludes halogenated alkanes) is 2. The molecular formula is C18H44. The molecule has 0 rings (SSSR count). The summed E-state index contributed by atoms with van der Waals surface area (Å²) in [5.74, 6) is 2.78. The molecule has 0 aliphatic carbocycles. The monoisotopic (exact) mass is 260 g/mol. The van der Waals surface area contributed by atoms with Gasteiger partial charge in [0.25, 0.3) is 0 Å². The number of rotatable bonds is 9. The molecule has 0 N–H and O–H groups in total. The van der Waals surface area contributed by atoms with Crippen LogP contribution in [0.1, 0.15) is 102 Å². The summed E-state index contributed by atoms with van der Waals surface area (Å²) >= 11 is 0. The lowest BCUT2D eigenvalue weighted by Gasteiger charge is -2.24. The Morgan fingerprint density at radius 3 is 1.67 bits per heavy atom. The predicted octanol–water partition coefficient (Wildman–Crippen LogP) is 7.57. The molecule has 0 aliphatic rings. The van der Waals surface area contributed by atoms with Gasteiger partial charge in [0.15, 0.2) is 0 Å². The first-order valence-corrected chi connectivity index (χ1v) is 7.11. The Balaban J connectivity index is -0.000000327. The van der Waals surface area contributed by atoms with Gasteiger partial charge >= 0.3 is 0 Å². The maximum atomic E-state index is 2.43. The van der Waals surface area contributed by atoms with E-state index in [1.807, 2.05) is 0 Å². The van der Waals surface area contributed by atoms with E-state index in [1.165, 1.54) is 44.9 Å². The lowest BCUT2D eigenvalue weighted by Crippen LogP contribution is -2.13. The minimum absolute atomic E-state index is 0. The molecule has 18 heavy (non-hydrogen) atoms. The van der Waals surface area contributed by atoms with E-state index >= 15 is 0 Å². The van der Waals surface area contributed by atoms with Crippen molar-refractivity contribution in [3.05, 3.63) is 0 Å². The van der Waals surface area contributed by atoms with Gasteiger partial charge in [-0.15, -0.1) is 0 Å². The molecule has 0 bridgehead atoms. The maximum absolute atomic E-state index is 2.43. The SMILES string of the molecule is C.C.C.CCCCCC(CC(C)CCC)C(C)C. The predicted molar refractivity (Wildman–Crippen MR) is 91.4 cm³/mol. The van der Waals surface area contributed by atoms with Gasteiger partial charge in [0.1, 0.15) is 0 Å². The molecule has 0 fully saturated rings. The van der Waals surface area contributed by atoms with Crippen LogP contribution in [0.4, 0.5) is 0 Å². The molecule has 0 aromatic rings. The van der Waals surface area contributed by atoms with Crippen LogP contribution in [0, 0.1) is 17.8 Å². The molecule has 0 radical (unpaired) electrons. The van der Waals surface area contributed by atoms with Crippen molar-refractivity contribution in [1.29, 1.82) is 0 Å². The van der Waals surface area contributed by atoms with E-state index < -0.39 is 0 Å². The molecular weight excluding hydrogens is 216 g/mol. The highest BCUT2D eigenvalue weighted by atomic mass is 14.2. The molecule has 0 spiro atoms. The van der Waals surface area contributed by atoms with Crippen molar-refractivity contribution < 1.29 is 0 Å². The first-order chi connectivity index (χ1) is 7.11. The molecule has 0 heterocycles. The Morgan fingerprint density at radius 1 is 0.722 bits per heavy atom. The first-order valence-electron chi connectivity index (χ1n) is 7.11. The molecule has 0 saturated carbocycles. The van der Waals surface area contributed by atoms with Crippen LogP contribution in [0.15, 0.2) is 0 Å². The zero-order chi connectivity index (χ0) is 11.7. The van der Waals surface area contributed by atoms with E-state index in [1.54, 1.807) is 0 Å². The Hall–Kier alpha value is 0. The van der Waals surface area contributed by atoms with Gasteiger partial charge < -0.3 is 0 Å². The highest BCUT2D eigenvalue weighted by molar-refractivity contribution is 4.67. The third-order valence-corrected chi connectivity index (χ3v) is 3.61. The quantitative estimate of drug-likeness (QED) is 0.375. The number of hydrogen-bond acceptors (Lipinski definition) is 0. The van der Waals surface area contributed by atoms with Crippen LogP contribution in [-0.4, -0.2) is 0 Å². The fourth-order valence-electron chi connectivity index (χ4n) is 2.51. The minimum Gasteiger partial charge on any atom is -0.0776 e. The standard InChI is InChI=1S/C15H32.3CH4/c1-6-8-9-11-15(13(3)4)12-14(5)10-7-2;;;/h13-15H,6-12H2,1-5H3;3*1H4. The molecule has 0 amide bonds.